The van der Waals surface area contributed by atoms with Gasteiger partial charge in [0.05, 0.1) is 0 Å². The van der Waals surface area contributed by atoms with Crippen molar-refractivity contribution in [2.24, 2.45) is 5.73 Å². The summed E-state index contributed by atoms with van der Waals surface area (Å²) in [5, 5.41) is 9.87. The Labute approximate surface area is 104 Å². The van der Waals surface area contributed by atoms with Gasteiger partial charge in [-0.25, -0.2) is 0 Å². The summed E-state index contributed by atoms with van der Waals surface area (Å²) in [6, 6.07) is 1.90. The van der Waals surface area contributed by atoms with Crippen LogP contribution in [0.4, 0.5) is 0 Å². The maximum atomic E-state index is 9.87. The molecule has 0 spiro atoms. The van der Waals surface area contributed by atoms with Crippen molar-refractivity contribution >= 4 is 0 Å². The zero-order valence-electron chi connectivity index (χ0n) is 11.1. The Hall–Kier alpha value is -1.02. The maximum Gasteiger partial charge on any atom is 0.119 e. The summed E-state index contributed by atoms with van der Waals surface area (Å²) in [4.78, 5) is 0. The highest BCUT2D eigenvalue weighted by atomic mass is 16.3. The fourth-order valence-electron chi connectivity index (χ4n) is 3.48. The molecule has 0 amide bonds. The summed E-state index contributed by atoms with van der Waals surface area (Å²) in [5.74, 6) is 0.411. The van der Waals surface area contributed by atoms with E-state index >= 15 is 0 Å². The lowest BCUT2D eigenvalue weighted by atomic mass is 9.74. The van der Waals surface area contributed by atoms with Crippen molar-refractivity contribution in [1.29, 1.82) is 0 Å². The summed E-state index contributed by atoms with van der Waals surface area (Å²) in [6.45, 7) is 6.93. The van der Waals surface area contributed by atoms with E-state index < -0.39 is 0 Å². The van der Waals surface area contributed by atoms with E-state index in [1.807, 2.05) is 13.0 Å². The zero-order valence-corrected chi connectivity index (χ0v) is 11.1. The molecule has 1 saturated carbocycles. The second-order valence-corrected chi connectivity index (χ2v) is 5.53. The number of aromatic hydroxyl groups is 1. The van der Waals surface area contributed by atoms with Crippen LogP contribution in [0.5, 0.6) is 5.75 Å². The lowest BCUT2D eigenvalue weighted by Crippen LogP contribution is -2.33. The van der Waals surface area contributed by atoms with Gasteiger partial charge in [-0.3, -0.25) is 0 Å². The van der Waals surface area contributed by atoms with Crippen molar-refractivity contribution in [2.75, 3.05) is 6.54 Å². The van der Waals surface area contributed by atoms with E-state index in [0.29, 0.717) is 5.75 Å². The Balaban J connectivity index is 2.62. The third-order valence-electron chi connectivity index (χ3n) is 4.55. The van der Waals surface area contributed by atoms with E-state index in [2.05, 4.69) is 13.8 Å². The van der Waals surface area contributed by atoms with Crippen LogP contribution >= 0.6 is 0 Å². The first kappa shape index (κ1) is 12.4. The second-order valence-electron chi connectivity index (χ2n) is 5.53. The highest BCUT2D eigenvalue weighted by Crippen LogP contribution is 2.44. The molecule has 94 valence electrons. The SMILES string of the molecule is Cc1cc(O)c(C)c(C)c1C1(CN)CCCC1. The number of hydrogen-bond donors (Lipinski definition) is 2. The quantitative estimate of drug-likeness (QED) is 0.824. The predicted octanol–water partition coefficient (Wildman–Crippen LogP) is 3.09. The van der Waals surface area contributed by atoms with Gasteiger partial charge < -0.3 is 10.8 Å². The number of hydrogen-bond acceptors (Lipinski definition) is 2. The van der Waals surface area contributed by atoms with Crippen molar-refractivity contribution in [3.63, 3.8) is 0 Å². The van der Waals surface area contributed by atoms with Gasteiger partial charge in [-0.05, 0) is 61.9 Å². The Morgan fingerprint density at radius 2 is 1.76 bits per heavy atom. The molecule has 2 heteroatoms. The third-order valence-corrected chi connectivity index (χ3v) is 4.55. The van der Waals surface area contributed by atoms with Gasteiger partial charge in [0.15, 0.2) is 0 Å². The third kappa shape index (κ3) is 1.85. The summed E-state index contributed by atoms with van der Waals surface area (Å²) in [5.41, 5.74) is 11.0. The van der Waals surface area contributed by atoms with Gasteiger partial charge in [0, 0.05) is 12.0 Å². The van der Waals surface area contributed by atoms with E-state index in [-0.39, 0.29) is 5.41 Å². The number of phenolic OH excluding ortho intramolecular Hbond substituents is 1. The molecule has 0 aliphatic heterocycles. The Kier molecular flexibility index (Phi) is 3.17. The highest BCUT2D eigenvalue weighted by Gasteiger charge is 2.37. The van der Waals surface area contributed by atoms with Crippen LogP contribution in [-0.2, 0) is 5.41 Å². The van der Waals surface area contributed by atoms with Gasteiger partial charge in [-0.1, -0.05) is 12.8 Å². The molecule has 0 unspecified atom stereocenters. The summed E-state index contributed by atoms with van der Waals surface area (Å²) < 4.78 is 0. The molecule has 2 nitrogen and oxygen atoms in total. The molecule has 0 radical (unpaired) electrons. The van der Waals surface area contributed by atoms with Crippen LogP contribution in [0.1, 0.15) is 47.9 Å². The van der Waals surface area contributed by atoms with Gasteiger partial charge in [0.1, 0.15) is 5.75 Å². The lowest BCUT2D eigenvalue weighted by molar-refractivity contribution is 0.441. The smallest absolute Gasteiger partial charge is 0.119 e. The molecule has 1 aliphatic carbocycles. The van der Waals surface area contributed by atoms with Gasteiger partial charge >= 0.3 is 0 Å². The largest absolute Gasteiger partial charge is 0.508 e. The summed E-state index contributed by atoms with van der Waals surface area (Å²) in [7, 11) is 0. The van der Waals surface area contributed by atoms with Crippen LogP contribution in [0.15, 0.2) is 6.07 Å². The average Bonchev–Trinajstić information content (AvgIpc) is 2.76. The first-order valence-electron chi connectivity index (χ1n) is 6.52. The van der Waals surface area contributed by atoms with Crippen LogP contribution in [0.2, 0.25) is 0 Å². The number of nitrogens with two attached hydrogens (primary N) is 1. The standard InChI is InChI=1S/C15H23NO/c1-10-8-13(17)11(2)12(3)14(10)15(9-16)6-4-5-7-15/h8,17H,4-7,9,16H2,1-3H3. The second kappa shape index (κ2) is 4.34. The molecule has 0 aromatic heterocycles. The van der Waals surface area contributed by atoms with Crippen molar-refractivity contribution < 1.29 is 5.11 Å². The van der Waals surface area contributed by atoms with Gasteiger partial charge in [-0.15, -0.1) is 0 Å². The van der Waals surface area contributed by atoms with Gasteiger partial charge in [0.25, 0.3) is 0 Å². The fourth-order valence-corrected chi connectivity index (χ4v) is 3.48. The summed E-state index contributed by atoms with van der Waals surface area (Å²) in [6.07, 6.45) is 4.93. The number of benzene rings is 1. The van der Waals surface area contributed by atoms with Crippen LogP contribution in [0.3, 0.4) is 0 Å². The predicted molar refractivity (Wildman–Crippen MR) is 71.5 cm³/mol. The van der Waals surface area contributed by atoms with Gasteiger partial charge in [0.2, 0.25) is 0 Å². The van der Waals surface area contributed by atoms with E-state index in [1.54, 1.807) is 0 Å². The monoisotopic (exact) mass is 233 g/mol. The summed E-state index contributed by atoms with van der Waals surface area (Å²) >= 11 is 0. The van der Waals surface area contributed by atoms with E-state index in [0.717, 1.165) is 12.1 Å². The fraction of sp³-hybridized carbons (Fsp3) is 0.600. The Morgan fingerprint density at radius 3 is 2.29 bits per heavy atom. The molecule has 1 aromatic rings. The van der Waals surface area contributed by atoms with Crippen molar-refractivity contribution in [1.82, 2.24) is 0 Å². The zero-order chi connectivity index (χ0) is 12.6. The first-order chi connectivity index (χ1) is 8.02. The molecule has 0 heterocycles. The minimum atomic E-state index is 0.159. The van der Waals surface area contributed by atoms with E-state index in [4.69, 9.17) is 5.73 Å². The minimum Gasteiger partial charge on any atom is -0.508 e. The van der Waals surface area contributed by atoms with Crippen molar-refractivity contribution in [2.45, 2.75) is 51.9 Å². The average molecular weight is 233 g/mol. The van der Waals surface area contributed by atoms with E-state index in [1.165, 1.54) is 42.4 Å². The Morgan fingerprint density at radius 1 is 1.18 bits per heavy atom. The first-order valence-corrected chi connectivity index (χ1v) is 6.52. The maximum absolute atomic E-state index is 9.87. The molecule has 2 rings (SSSR count). The molecule has 0 saturated heterocycles. The van der Waals surface area contributed by atoms with Crippen molar-refractivity contribution in [3.8, 4) is 5.75 Å². The topological polar surface area (TPSA) is 46.2 Å². The minimum absolute atomic E-state index is 0.159. The van der Waals surface area contributed by atoms with Crippen LogP contribution < -0.4 is 5.73 Å². The normalized spacial score (nSPS) is 18.6. The molecule has 0 bridgehead atoms. The Bertz CT molecular complexity index is 431. The van der Waals surface area contributed by atoms with Crippen LogP contribution in [0, 0.1) is 20.8 Å². The molecule has 17 heavy (non-hydrogen) atoms. The number of rotatable bonds is 2. The molecule has 0 atom stereocenters. The van der Waals surface area contributed by atoms with E-state index in [9.17, 15) is 5.11 Å². The number of phenols is 1. The molecular formula is C15H23NO. The van der Waals surface area contributed by atoms with Crippen LogP contribution in [0.25, 0.3) is 0 Å². The molecule has 1 fully saturated rings. The van der Waals surface area contributed by atoms with Crippen molar-refractivity contribution in [3.05, 3.63) is 28.3 Å². The lowest BCUT2D eigenvalue weighted by Gasteiger charge is -2.32. The highest BCUT2D eigenvalue weighted by molar-refractivity contribution is 5.51. The number of aryl methyl sites for hydroxylation is 1. The molecule has 1 aliphatic rings. The van der Waals surface area contributed by atoms with Crippen LogP contribution in [-0.4, -0.2) is 11.7 Å². The molecule has 1 aromatic carbocycles. The van der Waals surface area contributed by atoms with Gasteiger partial charge in [-0.2, -0.15) is 0 Å². The molecule has 3 N–H and O–H groups in total. The molecular weight excluding hydrogens is 210 g/mol.